The number of fused-ring (bicyclic) bond motifs is 2. The second kappa shape index (κ2) is 10.7. The monoisotopic (exact) mass is 517 g/mol. The lowest BCUT2D eigenvalue weighted by Gasteiger charge is -2.30. The van der Waals surface area contributed by atoms with Gasteiger partial charge in [0.1, 0.15) is 5.84 Å². The lowest BCUT2D eigenvalue weighted by atomic mass is 9.87. The van der Waals surface area contributed by atoms with E-state index in [1.165, 1.54) is 0 Å². The zero-order chi connectivity index (χ0) is 25.4. The Morgan fingerprint density at radius 2 is 2.08 bits per heavy atom. The highest BCUT2D eigenvalue weighted by molar-refractivity contribution is 7.42. The third-order valence-corrected chi connectivity index (χ3v) is 9.22. The fourth-order valence-electron chi connectivity index (χ4n) is 5.89. The Bertz CT molecular complexity index is 1090. The van der Waals surface area contributed by atoms with E-state index in [0.29, 0.717) is 38.0 Å². The van der Waals surface area contributed by atoms with Crippen molar-refractivity contribution in [2.45, 2.75) is 83.9 Å². The summed E-state index contributed by atoms with van der Waals surface area (Å²) in [4.78, 5) is 7.55. The molecule has 0 amide bonds. The summed E-state index contributed by atoms with van der Waals surface area (Å²) >= 11 is 0. The second-order valence-corrected chi connectivity index (χ2v) is 11.7. The molecule has 0 aromatic carbocycles. The third kappa shape index (κ3) is 5.17. The SMILES string of the molecule is C=C(Nc1cn(C2CCC(C)CC2)nc1C(F)F)C1=C(N=C(CC)N2CC3CC2CO3)C(C)=CPC1. The van der Waals surface area contributed by atoms with Gasteiger partial charge in [-0.1, -0.05) is 34.8 Å². The minimum absolute atomic E-state index is 0.176. The Hall–Kier alpha value is -2.05. The summed E-state index contributed by atoms with van der Waals surface area (Å²) in [5.41, 5.74) is 3.82. The standard InChI is InChI=1S/C27H38F2N5OP/c1-5-24(33-11-21-10-20(33)13-35-21)31-25-17(3)14-36-15-22(25)18(4)30-23-12-34(32-26(23)27(28)29)19-8-6-16(2)7-9-19/h12,14,16,19-21,27,30,36H,4-11,13,15H2,1-3H3. The van der Waals surface area contributed by atoms with Gasteiger partial charge in [0.2, 0.25) is 0 Å². The van der Waals surface area contributed by atoms with E-state index < -0.39 is 6.43 Å². The van der Waals surface area contributed by atoms with Gasteiger partial charge in [0, 0.05) is 30.4 Å². The van der Waals surface area contributed by atoms with E-state index in [-0.39, 0.29) is 11.7 Å². The third-order valence-electron chi connectivity index (χ3n) is 8.02. The number of nitrogens with zero attached hydrogens (tertiary/aromatic N) is 4. The number of nitrogens with one attached hydrogen (secondary N) is 1. The average molecular weight is 518 g/mol. The number of hydrogen-bond acceptors (Lipinski definition) is 4. The van der Waals surface area contributed by atoms with Crippen LogP contribution in [0.4, 0.5) is 14.5 Å². The van der Waals surface area contributed by atoms with Crippen molar-refractivity contribution in [3.63, 3.8) is 0 Å². The summed E-state index contributed by atoms with van der Waals surface area (Å²) in [5.74, 6) is 3.99. The van der Waals surface area contributed by atoms with E-state index in [2.05, 4.69) is 48.5 Å². The summed E-state index contributed by atoms with van der Waals surface area (Å²) in [5, 5.41) is 7.54. The predicted molar refractivity (Wildman–Crippen MR) is 143 cm³/mol. The number of morpholine rings is 1. The van der Waals surface area contributed by atoms with E-state index >= 15 is 0 Å². The number of anilines is 1. The lowest BCUT2D eigenvalue weighted by molar-refractivity contribution is 0.0560. The average Bonchev–Trinajstić information content (AvgIpc) is 3.60. The molecule has 0 spiro atoms. The molecule has 3 aliphatic heterocycles. The number of aromatic nitrogens is 2. The van der Waals surface area contributed by atoms with Gasteiger partial charge >= 0.3 is 0 Å². The summed E-state index contributed by atoms with van der Waals surface area (Å²) in [7, 11) is 0.615. The van der Waals surface area contributed by atoms with Gasteiger partial charge in [-0.05, 0) is 56.7 Å². The summed E-state index contributed by atoms with van der Waals surface area (Å²) < 4.78 is 35.5. The van der Waals surface area contributed by atoms with Crippen LogP contribution in [0.3, 0.4) is 0 Å². The number of ether oxygens (including phenoxy) is 1. The maximum absolute atomic E-state index is 14.0. The van der Waals surface area contributed by atoms with Crippen LogP contribution in [0.2, 0.25) is 0 Å². The quantitative estimate of drug-likeness (QED) is 0.251. The van der Waals surface area contributed by atoms with Gasteiger partial charge in [-0.3, -0.25) is 4.68 Å². The van der Waals surface area contributed by atoms with Gasteiger partial charge in [0.05, 0.1) is 36.2 Å². The first-order chi connectivity index (χ1) is 17.3. The van der Waals surface area contributed by atoms with E-state index in [1.807, 2.05) is 0 Å². The van der Waals surface area contributed by atoms with Crippen molar-refractivity contribution < 1.29 is 13.5 Å². The van der Waals surface area contributed by atoms with Crippen molar-refractivity contribution in [3.8, 4) is 0 Å². The molecule has 5 rings (SSSR count). The number of hydrogen-bond donors (Lipinski definition) is 1. The first-order valence-electron chi connectivity index (χ1n) is 13.3. The predicted octanol–water partition coefficient (Wildman–Crippen LogP) is 6.63. The Morgan fingerprint density at radius 1 is 1.31 bits per heavy atom. The van der Waals surface area contributed by atoms with Crippen LogP contribution in [0, 0.1) is 5.92 Å². The molecule has 1 N–H and O–H groups in total. The van der Waals surface area contributed by atoms with Crippen LogP contribution in [0.15, 0.2) is 46.1 Å². The molecule has 4 aliphatic rings. The summed E-state index contributed by atoms with van der Waals surface area (Å²) in [6.07, 6.45) is 6.27. The Morgan fingerprint density at radius 3 is 2.72 bits per heavy atom. The normalized spacial score (nSPS) is 29.4. The number of amidine groups is 1. The van der Waals surface area contributed by atoms with Gasteiger partial charge in [0.15, 0.2) is 5.69 Å². The molecular formula is C27H38F2N5OP. The van der Waals surface area contributed by atoms with Crippen molar-refractivity contribution in [2.24, 2.45) is 10.9 Å². The molecule has 0 radical (unpaired) electrons. The molecule has 2 bridgehead atoms. The van der Waals surface area contributed by atoms with Gasteiger partial charge in [-0.25, -0.2) is 13.8 Å². The Balaban J connectivity index is 1.41. The van der Waals surface area contributed by atoms with Crippen molar-refractivity contribution in [1.29, 1.82) is 0 Å². The van der Waals surface area contributed by atoms with Crippen LogP contribution < -0.4 is 5.32 Å². The topological polar surface area (TPSA) is 54.7 Å². The van der Waals surface area contributed by atoms with E-state index in [0.717, 1.165) is 80.5 Å². The number of allylic oxidation sites excluding steroid dienone is 2. The van der Waals surface area contributed by atoms with Crippen LogP contribution >= 0.6 is 8.58 Å². The number of alkyl halides is 2. The Labute approximate surface area is 214 Å². The number of likely N-dealkylation sites (tertiary alicyclic amines) is 1. The molecule has 36 heavy (non-hydrogen) atoms. The molecule has 6 nitrogen and oxygen atoms in total. The smallest absolute Gasteiger partial charge is 0.284 e. The fraction of sp³-hybridized carbons (Fsp3) is 0.630. The minimum Gasteiger partial charge on any atom is -0.374 e. The molecule has 1 aliphatic carbocycles. The zero-order valence-electron chi connectivity index (χ0n) is 21.6. The van der Waals surface area contributed by atoms with E-state index in [1.54, 1.807) is 10.9 Å². The highest BCUT2D eigenvalue weighted by Crippen LogP contribution is 2.39. The first kappa shape index (κ1) is 25.6. The second-order valence-electron chi connectivity index (χ2n) is 10.6. The molecule has 4 heterocycles. The highest BCUT2D eigenvalue weighted by Gasteiger charge is 2.40. The molecule has 196 valence electrons. The van der Waals surface area contributed by atoms with Crippen molar-refractivity contribution >= 4 is 20.1 Å². The summed E-state index contributed by atoms with van der Waals surface area (Å²) in [6, 6.07) is 0.575. The molecule has 3 unspecified atom stereocenters. The molecule has 1 saturated carbocycles. The number of aliphatic imine (C=N–C) groups is 1. The minimum atomic E-state index is -2.65. The van der Waals surface area contributed by atoms with Crippen LogP contribution in [0.1, 0.15) is 77.5 Å². The van der Waals surface area contributed by atoms with Gasteiger partial charge in [-0.15, -0.1) is 0 Å². The van der Waals surface area contributed by atoms with Crippen LogP contribution in [-0.2, 0) is 4.74 Å². The van der Waals surface area contributed by atoms with Crippen molar-refractivity contribution in [1.82, 2.24) is 14.7 Å². The van der Waals surface area contributed by atoms with E-state index in [4.69, 9.17) is 9.73 Å². The van der Waals surface area contributed by atoms with Crippen LogP contribution in [0.25, 0.3) is 0 Å². The van der Waals surface area contributed by atoms with Gasteiger partial charge in [0.25, 0.3) is 6.43 Å². The molecule has 3 fully saturated rings. The van der Waals surface area contributed by atoms with Gasteiger partial charge < -0.3 is 15.0 Å². The van der Waals surface area contributed by atoms with E-state index in [9.17, 15) is 8.78 Å². The molecule has 1 aromatic heterocycles. The van der Waals surface area contributed by atoms with Crippen LogP contribution in [0.5, 0.6) is 0 Å². The van der Waals surface area contributed by atoms with Gasteiger partial charge in [-0.2, -0.15) is 5.10 Å². The summed E-state index contributed by atoms with van der Waals surface area (Å²) in [6.45, 7) is 12.4. The first-order valence-corrected chi connectivity index (χ1v) is 14.5. The molecule has 2 saturated heterocycles. The highest BCUT2D eigenvalue weighted by atomic mass is 31.1. The lowest BCUT2D eigenvalue weighted by Crippen LogP contribution is -2.41. The molecule has 1 aromatic rings. The van der Waals surface area contributed by atoms with Crippen molar-refractivity contribution in [2.75, 3.05) is 24.6 Å². The Kier molecular flexibility index (Phi) is 7.64. The van der Waals surface area contributed by atoms with Crippen LogP contribution in [-0.4, -0.2) is 52.0 Å². The zero-order valence-corrected chi connectivity index (χ0v) is 22.6. The molecular weight excluding hydrogens is 479 g/mol. The number of halogens is 2. The molecule has 9 heteroatoms. The maximum Gasteiger partial charge on any atom is 0.284 e. The largest absolute Gasteiger partial charge is 0.374 e. The molecule has 3 atom stereocenters. The van der Waals surface area contributed by atoms with Crippen molar-refractivity contribution in [3.05, 3.63) is 46.8 Å². The number of rotatable bonds is 7. The fourth-order valence-corrected chi connectivity index (χ4v) is 7.02. The maximum atomic E-state index is 14.0.